The molecule has 0 bridgehead atoms. The van der Waals surface area contributed by atoms with Gasteiger partial charge in [-0.2, -0.15) is 0 Å². The van der Waals surface area contributed by atoms with Crippen molar-refractivity contribution in [1.29, 1.82) is 0 Å². The number of alkyl halides is 6. The van der Waals surface area contributed by atoms with Crippen molar-refractivity contribution in [3.63, 3.8) is 0 Å². The van der Waals surface area contributed by atoms with Gasteiger partial charge in [0, 0.05) is 0 Å². The quantitative estimate of drug-likeness (QED) is 0.138. The van der Waals surface area contributed by atoms with Gasteiger partial charge in [0.25, 0.3) is 0 Å². The Morgan fingerprint density at radius 1 is 0.667 bits per heavy atom. The number of halogens is 8. The van der Waals surface area contributed by atoms with E-state index in [4.69, 9.17) is 0 Å². The summed E-state index contributed by atoms with van der Waals surface area (Å²) < 4.78 is 136. The predicted octanol–water partition coefficient (Wildman–Crippen LogP) is 6.48. The average Bonchev–Trinajstić information content (AvgIpc) is 2.73. The van der Waals surface area contributed by atoms with Crippen LogP contribution in [0, 0.1) is 26.0 Å². The first-order valence-electron chi connectivity index (χ1n) is 9.34. The molecule has 36 heavy (non-hydrogen) atoms. The van der Waals surface area contributed by atoms with E-state index in [1.165, 1.54) is 36.4 Å². The van der Waals surface area contributed by atoms with Gasteiger partial charge in [0.05, 0.1) is 0 Å². The first kappa shape index (κ1) is 31.1. The molecule has 16 heteroatoms. The molecule has 0 aliphatic heterocycles. The number of hydrogen-bond donors (Lipinski definition) is 0. The van der Waals surface area contributed by atoms with Crippen LogP contribution in [0.25, 0.3) is 0 Å². The molecule has 0 fully saturated rings. The summed E-state index contributed by atoms with van der Waals surface area (Å²) in [6.45, 7) is 4.93. The van der Waals surface area contributed by atoms with Crippen LogP contribution in [0.4, 0.5) is 26.3 Å². The molecule has 2 rings (SSSR count). The zero-order valence-corrected chi connectivity index (χ0v) is 24.4. The Bertz CT molecular complexity index is 1330. The summed E-state index contributed by atoms with van der Waals surface area (Å²) in [6, 6.07) is 11.9. The van der Waals surface area contributed by atoms with Gasteiger partial charge in [-0.15, -0.1) is 0 Å². The van der Waals surface area contributed by atoms with Gasteiger partial charge in [0.15, 0.2) is 0 Å². The Morgan fingerprint density at radius 2 is 1.08 bits per heavy atom. The van der Waals surface area contributed by atoms with Gasteiger partial charge in [-0.3, -0.25) is 0 Å². The van der Waals surface area contributed by atoms with Crippen molar-refractivity contribution in [1.82, 2.24) is 0 Å². The molecule has 0 aliphatic rings. The van der Waals surface area contributed by atoms with Crippen LogP contribution < -0.4 is 0 Å². The summed E-state index contributed by atoms with van der Waals surface area (Å²) in [5.41, 5.74) is -12.1. The maximum atomic E-state index is 13.0. The molecule has 0 aliphatic carbocycles. The molecular weight excluding hydrogens is 768 g/mol. The summed E-state index contributed by atoms with van der Waals surface area (Å²) in [5, 5.41) is 0. The second kappa shape index (κ2) is 11.3. The fourth-order valence-electron chi connectivity index (χ4n) is 1.91. The van der Waals surface area contributed by atoms with Crippen LogP contribution in [-0.4, -0.2) is 27.9 Å². The SMILES string of the molecule is CC(C)(C)C#CI(OS(=O)(=O)C(F)(F)F)c1ccc(I(OS(=O)(=O)C(F)(F)F)c2ccccc2)cc1. The number of hydrogen-bond acceptors (Lipinski definition) is 6. The second-order valence-electron chi connectivity index (χ2n) is 7.62. The number of benzene rings is 2. The predicted molar refractivity (Wildman–Crippen MR) is 136 cm³/mol. The first-order valence-corrected chi connectivity index (χ1v) is 18.2. The molecular formula is C20H18F6I2O6S2. The van der Waals surface area contributed by atoms with Gasteiger partial charge in [-0.1, -0.05) is 0 Å². The summed E-state index contributed by atoms with van der Waals surface area (Å²) in [7, 11) is -11.9. The van der Waals surface area contributed by atoms with E-state index in [2.05, 4.69) is 14.9 Å². The summed E-state index contributed by atoms with van der Waals surface area (Å²) in [4.78, 5) is 0. The van der Waals surface area contributed by atoms with Crippen molar-refractivity contribution >= 4 is 60.7 Å². The standard InChI is InChI=1S/C20H18F6I2O6S2/c1-18(2,3)13-14-27(33-35(29,30)19(21,22)23)15-9-11-17(12-10-15)28(16-7-5-4-6-8-16)34-36(31,32)20(24,25)26/h4-12H,1-3H3. The molecule has 0 unspecified atom stereocenters. The van der Waals surface area contributed by atoms with Crippen LogP contribution in [0.3, 0.4) is 0 Å². The van der Waals surface area contributed by atoms with Crippen molar-refractivity contribution < 1.29 is 48.2 Å². The van der Waals surface area contributed by atoms with Crippen molar-refractivity contribution in [2.75, 3.05) is 0 Å². The topological polar surface area (TPSA) is 86.7 Å². The third-order valence-corrected chi connectivity index (χ3v) is 16.5. The van der Waals surface area contributed by atoms with Gasteiger partial charge in [0.1, 0.15) is 0 Å². The normalized spacial score (nSPS) is 14.0. The van der Waals surface area contributed by atoms with Crippen LogP contribution in [0.5, 0.6) is 0 Å². The molecule has 0 N–H and O–H groups in total. The molecule has 0 aromatic heterocycles. The van der Waals surface area contributed by atoms with Gasteiger partial charge in [0.2, 0.25) is 0 Å². The van der Waals surface area contributed by atoms with Crippen LogP contribution in [0.15, 0.2) is 54.6 Å². The average molecular weight is 786 g/mol. The van der Waals surface area contributed by atoms with E-state index >= 15 is 0 Å². The van der Waals surface area contributed by atoms with Crippen molar-refractivity contribution in [2.45, 2.75) is 31.8 Å². The molecule has 0 saturated carbocycles. The van der Waals surface area contributed by atoms with Crippen LogP contribution in [-0.2, 0) is 25.3 Å². The molecule has 0 saturated heterocycles. The van der Waals surface area contributed by atoms with Gasteiger partial charge in [-0.25, -0.2) is 0 Å². The third-order valence-electron chi connectivity index (χ3n) is 3.50. The van der Waals surface area contributed by atoms with E-state index in [1.54, 1.807) is 26.8 Å². The monoisotopic (exact) mass is 786 g/mol. The van der Waals surface area contributed by atoms with E-state index in [0.717, 1.165) is 12.1 Å². The molecule has 202 valence electrons. The zero-order chi connectivity index (χ0) is 27.6. The Kier molecular flexibility index (Phi) is 9.76. The molecule has 0 amide bonds. The Balaban J connectivity index is 2.54. The summed E-state index contributed by atoms with van der Waals surface area (Å²) in [5.74, 6) is 2.65. The Labute approximate surface area is 219 Å². The molecule has 0 spiro atoms. The minimum atomic E-state index is -5.97. The second-order valence-corrected chi connectivity index (χ2v) is 19.9. The fraction of sp³-hybridized carbons (Fsp3) is 0.300. The van der Waals surface area contributed by atoms with Crippen molar-refractivity contribution in [2.24, 2.45) is 5.41 Å². The van der Waals surface area contributed by atoms with E-state index in [9.17, 15) is 43.2 Å². The van der Waals surface area contributed by atoms with Gasteiger partial charge < -0.3 is 0 Å². The Hall–Kier alpha value is -1.14. The summed E-state index contributed by atoms with van der Waals surface area (Å²) in [6.07, 6.45) is 0. The number of rotatable bonds is 7. The third kappa shape index (κ3) is 8.44. The Morgan fingerprint density at radius 3 is 1.53 bits per heavy atom. The minimum absolute atomic E-state index is 0.00455. The van der Waals surface area contributed by atoms with Crippen LogP contribution in [0.1, 0.15) is 20.8 Å². The molecule has 0 atom stereocenters. The van der Waals surface area contributed by atoms with E-state index in [1.807, 2.05) is 0 Å². The van der Waals surface area contributed by atoms with Crippen LogP contribution >= 0.6 is 40.5 Å². The van der Waals surface area contributed by atoms with Crippen LogP contribution in [0.2, 0.25) is 0 Å². The van der Waals surface area contributed by atoms with Gasteiger partial charge >= 0.3 is 221 Å². The fourth-order valence-corrected chi connectivity index (χ4v) is 14.0. The van der Waals surface area contributed by atoms with E-state index in [0.29, 0.717) is 0 Å². The zero-order valence-electron chi connectivity index (χ0n) is 18.5. The molecule has 6 nitrogen and oxygen atoms in total. The summed E-state index contributed by atoms with van der Waals surface area (Å²) >= 11 is -7.55. The van der Waals surface area contributed by atoms with E-state index in [-0.39, 0.29) is 10.7 Å². The van der Waals surface area contributed by atoms with Gasteiger partial charge in [-0.05, 0) is 0 Å². The van der Waals surface area contributed by atoms with E-state index < -0.39 is 77.1 Å². The molecule has 0 radical (unpaired) electrons. The maximum absolute atomic E-state index is 13.0. The first-order chi connectivity index (χ1) is 16.2. The molecule has 2 aromatic rings. The van der Waals surface area contributed by atoms with Crippen molar-refractivity contribution in [3.05, 3.63) is 65.3 Å². The van der Waals surface area contributed by atoms with Crippen molar-refractivity contribution in [3.8, 4) is 9.85 Å². The molecule has 2 aromatic carbocycles. The molecule has 0 heterocycles.